The number of pyridine rings is 1. The van der Waals surface area contributed by atoms with E-state index in [1.807, 2.05) is 24.3 Å². The van der Waals surface area contributed by atoms with E-state index in [1.165, 1.54) is 12.1 Å². The van der Waals surface area contributed by atoms with Crippen molar-refractivity contribution in [1.29, 1.82) is 0 Å². The fourth-order valence-electron chi connectivity index (χ4n) is 2.42. The molecule has 0 saturated heterocycles. The lowest BCUT2D eigenvalue weighted by molar-refractivity contribution is 0.581. The summed E-state index contributed by atoms with van der Waals surface area (Å²) in [6, 6.07) is 15.3. The third-order valence-electron chi connectivity index (χ3n) is 3.62. The van der Waals surface area contributed by atoms with Crippen LogP contribution in [-0.2, 0) is 16.4 Å². The molecule has 0 aliphatic heterocycles. The molecule has 0 aliphatic rings. The van der Waals surface area contributed by atoms with Gasteiger partial charge in [0.1, 0.15) is 0 Å². The number of para-hydroxylation sites is 1. The Labute approximate surface area is 144 Å². The molecule has 0 atom stereocenters. The molecule has 0 amide bonds. The van der Waals surface area contributed by atoms with Crippen LogP contribution >= 0.6 is 11.6 Å². The topological polar surface area (TPSA) is 79.0 Å². The minimum atomic E-state index is -3.65. The number of nitrogens with one attached hydrogen (secondary N) is 2. The molecule has 5 nitrogen and oxygen atoms in total. The molecule has 3 rings (SSSR count). The van der Waals surface area contributed by atoms with Crippen molar-refractivity contribution < 1.29 is 8.42 Å². The molecule has 0 saturated carbocycles. The van der Waals surface area contributed by atoms with Crippen LogP contribution in [0.15, 0.2) is 64.3 Å². The van der Waals surface area contributed by atoms with Gasteiger partial charge in [-0.25, -0.2) is 13.1 Å². The minimum Gasteiger partial charge on any atom is -0.322 e. The molecule has 0 aliphatic carbocycles. The highest BCUT2D eigenvalue weighted by atomic mass is 35.5. The first-order valence-electron chi connectivity index (χ1n) is 7.32. The zero-order chi connectivity index (χ0) is 17.2. The standard InChI is InChI=1S/C17H15ClN2O3S/c18-14-5-3-6-15(11-14)24(22,23)19-9-8-13-10-12-4-1-2-7-16(12)20-17(13)21/h1-7,10-11,19H,8-9H2,(H,20,21). The smallest absolute Gasteiger partial charge is 0.251 e. The van der Waals surface area contributed by atoms with Crippen LogP contribution in [0.5, 0.6) is 0 Å². The number of aromatic amines is 1. The number of hydrogen-bond acceptors (Lipinski definition) is 3. The summed E-state index contributed by atoms with van der Waals surface area (Å²) in [6.45, 7) is 0.121. The lowest BCUT2D eigenvalue weighted by Crippen LogP contribution is -2.27. The van der Waals surface area contributed by atoms with E-state index in [4.69, 9.17) is 11.6 Å². The number of aromatic nitrogens is 1. The SMILES string of the molecule is O=c1[nH]c2ccccc2cc1CCNS(=O)(=O)c1cccc(Cl)c1. The second-order valence-electron chi connectivity index (χ2n) is 5.32. The van der Waals surface area contributed by atoms with Gasteiger partial charge in [-0.1, -0.05) is 35.9 Å². The van der Waals surface area contributed by atoms with Crippen molar-refractivity contribution in [2.75, 3.05) is 6.54 Å². The van der Waals surface area contributed by atoms with E-state index in [0.29, 0.717) is 17.0 Å². The van der Waals surface area contributed by atoms with Crippen LogP contribution in [0.25, 0.3) is 10.9 Å². The predicted octanol–water partition coefficient (Wildman–Crippen LogP) is 2.70. The van der Waals surface area contributed by atoms with Crippen LogP contribution in [0.2, 0.25) is 5.02 Å². The highest BCUT2D eigenvalue weighted by Gasteiger charge is 2.14. The van der Waals surface area contributed by atoms with Crippen molar-refractivity contribution in [2.24, 2.45) is 0 Å². The normalized spacial score (nSPS) is 11.7. The molecule has 1 aromatic heterocycles. The zero-order valence-corrected chi connectivity index (χ0v) is 14.2. The van der Waals surface area contributed by atoms with Crippen LogP contribution in [-0.4, -0.2) is 19.9 Å². The Balaban J connectivity index is 1.74. The quantitative estimate of drug-likeness (QED) is 0.732. The summed E-state index contributed by atoms with van der Waals surface area (Å²) in [4.78, 5) is 14.9. The van der Waals surface area contributed by atoms with Gasteiger partial charge in [0.15, 0.2) is 0 Å². The van der Waals surface area contributed by atoms with E-state index in [1.54, 1.807) is 18.2 Å². The molecule has 0 bridgehead atoms. The number of hydrogen-bond donors (Lipinski definition) is 2. The molecule has 0 unspecified atom stereocenters. The largest absolute Gasteiger partial charge is 0.322 e. The van der Waals surface area contributed by atoms with Crippen LogP contribution < -0.4 is 10.3 Å². The average Bonchev–Trinajstić information content (AvgIpc) is 2.55. The van der Waals surface area contributed by atoms with E-state index in [-0.39, 0.29) is 17.0 Å². The maximum absolute atomic E-state index is 12.2. The summed E-state index contributed by atoms with van der Waals surface area (Å²) in [7, 11) is -3.65. The predicted molar refractivity (Wildman–Crippen MR) is 94.9 cm³/mol. The Bertz CT molecular complexity index is 1040. The Hall–Kier alpha value is -2.15. The molecule has 0 radical (unpaired) electrons. The van der Waals surface area contributed by atoms with Gasteiger partial charge in [0.2, 0.25) is 10.0 Å². The molecular weight excluding hydrogens is 348 g/mol. The Morgan fingerprint density at radius 2 is 1.83 bits per heavy atom. The second kappa shape index (κ2) is 6.76. The monoisotopic (exact) mass is 362 g/mol. The van der Waals surface area contributed by atoms with Crippen molar-refractivity contribution in [3.63, 3.8) is 0 Å². The molecule has 2 N–H and O–H groups in total. The Morgan fingerprint density at radius 3 is 2.62 bits per heavy atom. The summed E-state index contributed by atoms with van der Waals surface area (Å²) in [6.07, 6.45) is 0.292. The number of fused-ring (bicyclic) bond motifs is 1. The molecule has 3 aromatic rings. The van der Waals surface area contributed by atoms with Gasteiger partial charge in [0, 0.05) is 22.6 Å². The van der Waals surface area contributed by atoms with Crippen LogP contribution in [0.3, 0.4) is 0 Å². The number of rotatable bonds is 5. The van der Waals surface area contributed by atoms with E-state index in [0.717, 1.165) is 10.9 Å². The van der Waals surface area contributed by atoms with Crippen molar-refractivity contribution in [2.45, 2.75) is 11.3 Å². The van der Waals surface area contributed by atoms with E-state index in [9.17, 15) is 13.2 Å². The van der Waals surface area contributed by atoms with Crippen LogP contribution in [0.1, 0.15) is 5.56 Å². The summed E-state index contributed by atoms with van der Waals surface area (Å²) < 4.78 is 26.9. The third kappa shape index (κ3) is 3.67. The van der Waals surface area contributed by atoms with E-state index < -0.39 is 10.0 Å². The van der Waals surface area contributed by atoms with Crippen LogP contribution in [0, 0.1) is 0 Å². The fourth-order valence-corrected chi connectivity index (χ4v) is 3.75. The van der Waals surface area contributed by atoms with Gasteiger partial charge in [-0.3, -0.25) is 4.79 Å². The van der Waals surface area contributed by atoms with E-state index >= 15 is 0 Å². The second-order valence-corrected chi connectivity index (χ2v) is 7.52. The fraction of sp³-hybridized carbons (Fsp3) is 0.118. The molecular formula is C17H15ClN2O3S. The maximum Gasteiger partial charge on any atom is 0.251 e. The average molecular weight is 363 g/mol. The molecule has 24 heavy (non-hydrogen) atoms. The summed E-state index contributed by atoms with van der Waals surface area (Å²) in [5.41, 5.74) is 1.07. The number of sulfonamides is 1. The Morgan fingerprint density at radius 1 is 1.04 bits per heavy atom. The number of benzene rings is 2. The van der Waals surface area contributed by atoms with Gasteiger partial charge < -0.3 is 4.98 Å². The highest BCUT2D eigenvalue weighted by Crippen LogP contribution is 2.15. The van der Waals surface area contributed by atoms with Gasteiger partial charge in [-0.15, -0.1) is 0 Å². The third-order valence-corrected chi connectivity index (χ3v) is 5.32. The summed E-state index contributed by atoms with van der Waals surface area (Å²) in [5.74, 6) is 0. The first-order valence-corrected chi connectivity index (χ1v) is 9.18. The summed E-state index contributed by atoms with van der Waals surface area (Å²) >= 11 is 5.82. The first kappa shape index (κ1) is 16.7. The van der Waals surface area contributed by atoms with Crippen molar-refractivity contribution in [1.82, 2.24) is 9.71 Å². The lowest BCUT2D eigenvalue weighted by atomic mass is 10.1. The van der Waals surface area contributed by atoms with Crippen LogP contribution in [0.4, 0.5) is 0 Å². The van der Waals surface area contributed by atoms with Gasteiger partial charge in [0.05, 0.1) is 4.90 Å². The molecule has 124 valence electrons. The zero-order valence-electron chi connectivity index (χ0n) is 12.6. The first-order chi connectivity index (χ1) is 11.5. The number of H-pyrrole nitrogens is 1. The highest BCUT2D eigenvalue weighted by molar-refractivity contribution is 7.89. The molecule has 1 heterocycles. The molecule has 2 aromatic carbocycles. The van der Waals surface area contributed by atoms with Gasteiger partial charge in [-0.2, -0.15) is 0 Å². The summed E-state index contributed by atoms with van der Waals surface area (Å²) in [5, 5.41) is 1.26. The van der Waals surface area contributed by atoms with E-state index in [2.05, 4.69) is 9.71 Å². The minimum absolute atomic E-state index is 0.0995. The lowest BCUT2D eigenvalue weighted by Gasteiger charge is -2.07. The maximum atomic E-state index is 12.2. The van der Waals surface area contributed by atoms with Gasteiger partial charge in [0.25, 0.3) is 5.56 Å². The van der Waals surface area contributed by atoms with Crippen molar-refractivity contribution >= 4 is 32.5 Å². The molecule has 0 spiro atoms. The van der Waals surface area contributed by atoms with Crippen molar-refractivity contribution in [3.05, 3.63) is 75.5 Å². The molecule has 7 heteroatoms. The molecule has 0 fully saturated rings. The number of halogens is 1. The van der Waals surface area contributed by atoms with Crippen molar-refractivity contribution in [3.8, 4) is 0 Å². The van der Waals surface area contributed by atoms with Gasteiger partial charge >= 0.3 is 0 Å². The Kier molecular flexibility index (Phi) is 4.71. The van der Waals surface area contributed by atoms with Gasteiger partial charge in [-0.05, 0) is 42.1 Å².